The Morgan fingerprint density at radius 2 is 1.87 bits per heavy atom. The Kier molecular flexibility index (Phi) is 5.46. The fourth-order valence-corrected chi connectivity index (χ4v) is 5.45. The number of aromatic nitrogens is 3. The van der Waals surface area contributed by atoms with Crippen LogP contribution in [0.3, 0.4) is 0 Å². The van der Waals surface area contributed by atoms with Crippen molar-refractivity contribution in [3.8, 4) is 5.75 Å². The summed E-state index contributed by atoms with van der Waals surface area (Å²) in [5, 5.41) is 9.16. The van der Waals surface area contributed by atoms with Gasteiger partial charge in [0.15, 0.2) is 0 Å². The zero-order chi connectivity index (χ0) is 20.5. The molecule has 2 fully saturated rings. The van der Waals surface area contributed by atoms with Crippen molar-refractivity contribution in [2.75, 3.05) is 26.7 Å². The predicted molar refractivity (Wildman–Crippen MR) is 114 cm³/mol. The molecule has 1 atom stereocenters. The molecule has 0 radical (unpaired) electrons. The summed E-state index contributed by atoms with van der Waals surface area (Å²) < 4.78 is 7.73. The second kappa shape index (κ2) is 8.38. The van der Waals surface area contributed by atoms with Crippen LogP contribution in [0.1, 0.15) is 66.4 Å². The maximum absolute atomic E-state index is 13.2. The number of methoxy groups -OCH3 is 1. The van der Waals surface area contributed by atoms with Gasteiger partial charge in [0.1, 0.15) is 17.4 Å². The second-order valence-electron chi connectivity index (χ2n) is 8.83. The molecule has 1 aliphatic carbocycles. The first-order valence-corrected chi connectivity index (χ1v) is 11.3. The molecule has 160 valence electrons. The van der Waals surface area contributed by atoms with Crippen LogP contribution in [0.15, 0.2) is 24.3 Å². The first-order chi connectivity index (χ1) is 14.7. The number of amides is 1. The van der Waals surface area contributed by atoms with E-state index >= 15 is 0 Å². The third kappa shape index (κ3) is 3.60. The molecule has 1 aromatic carbocycles. The number of fused-ring (bicyclic) bond motifs is 1. The van der Waals surface area contributed by atoms with Gasteiger partial charge < -0.3 is 14.2 Å². The number of para-hydroxylation sites is 1. The van der Waals surface area contributed by atoms with Gasteiger partial charge in [0, 0.05) is 38.1 Å². The SMILES string of the molecule is COc1ccccc1C(=O)N1CCCC(c2nnc3n2CCN(C2CCCC2)C3)C1. The number of hydrogen-bond acceptors (Lipinski definition) is 5. The Morgan fingerprint density at radius 1 is 1.03 bits per heavy atom. The van der Waals surface area contributed by atoms with E-state index in [2.05, 4.69) is 19.7 Å². The summed E-state index contributed by atoms with van der Waals surface area (Å²) in [7, 11) is 1.61. The van der Waals surface area contributed by atoms with Crippen LogP contribution in [-0.4, -0.2) is 63.3 Å². The van der Waals surface area contributed by atoms with E-state index in [0.717, 1.165) is 56.7 Å². The van der Waals surface area contributed by atoms with Crippen molar-refractivity contribution in [1.82, 2.24) is 24.6 Å². The molecule has 0 N–H and O–H groups in total. The molecule has 0 spiro atoms. The van der Waals surface area contributed by atoms with Gasteiger partial charge in [0.2, 0.25) is 0 Å². The van der Waals surface area contributed by atoms with Gasteiger partial charge in [-0.15, -0.1) is 10.2 Å². The number of likely N-dealkylation sites (tertiary alicyclic amines) is 1. The summed E-state index contributed by atoms with van der Waals surface area (Å²) in [6, 6.07) is 8.21. The molecule has 5 rings (SSSR count). The van der Waals surface area contributed by atoms with Crippen LogP contribution in [0.2, 0.25) is 0 Å². The third-order valence-corrected chi connectivity index (χ3v) is 7.06. The third-order valence-electron chi connectivity index (χ3n) is 7.06. The van der Waals surface area contributed by atoms with Crippen LogP contribution in [0.5, 0.6) is 5.75 Å². The van der Waals surface area contributed by atoms with E-state index in [9.17, 15) is 4.79 Å². The number of nitrogens with zero attached hydrogens (tertiary/aromatic N) is 5. The molecular formula is C23H31N5O2. The standard InChI is InChI=1S/C23H31N5O2/c1-30-20-11-5-4-10-19(20)23(29)27-12-6-7-17(15-27)22-25-24-21-16-26(13-14-28(21)22)18-8-2-3-9-18/h4-5,10-11,17-18H,2-3,6-9,12-16H2,1H3. The Labute approximate surface area is 178 Å². The highest BCUT2D eigenvalue weighted by Gasteiger charge is 2.33. The molecule has 2 aromatic rings. The van der Waals surface area contributed by atoms with Crippen LogP contribution in [0.4, 0.5) is 0 Å². The van der Waals surface area contributed by atoms with Gasteiger partial charge >= 0.3 is 0 Å². The number of carbonyl (C=O) groups excluding carboxylic acids is 1. The van der Waals surface area contributed by atoms with Gasteiger partial charge in [-0.1, -0.05) is 25.0 Å². The van der Waals surface area contributed by atoms with E-state index in [0.29, 0.717) is 17.9 Å². The van der Waals surface area contributed by atoms with E-state index in [1.165, 1.54) is 25.7 Å². The molecule has 3 heterocycles. The summed E-state index contributed by atoms with van der Waals surface area (Å²) in [5.74, 6) is 3.08. The highest BCUT2D eigenvalue weighted by atomic mass is 16.5. The minimum absolute atomic E-state index is 0.0444. The van der Waals surface area contributed by atoms with Gasteiger partial charge in [-0.2, -0.15) is 0 Å². The Morgan fingerprint density at radius 3 is 2.70 bits per heavy atom. The van der Waals surface area contributed by atoms with Crippen LogP contribution in [0.25, 0.3) is 0 Å². The largest absolute Gasteiger partial charge is 0.496 e. The molecule has 1 saturated heterocycles. The van der Waals surface area contributed by atoms with E-state index < -0.39 is 0 Å². The van der Waals surface area contributed by atoms with Crippen LogP contribution >= 0.6 is 0 Å². The first kappa shape index (κ1) is 19.5. The molecule has 7 nitrogen and oxygen atoms in total. The highest BCUT2D eigenvalue weighted by molar-refractivity contribution is 5.97. The number of ether oxygens (including phenoxy) is 1. The molecule has 2 aliphatic heterocycles. The van der Waals surface area contributed by atoms with Crippen LogP contribution in [-0.2, 0) is 13.1 Å². The lowest BCUT2D eigenvalue weighted by atomic mass is 9.96. The normalized spacial score (nSPS) is 22.8. The number of carbonyl (C=O) groups is 1. The van der Waals surface area contributed by atoms with Gasteiger partial charge in [0.05, 0.1) is 19.2 Å². The summed E-state index contributed by atoms with van der Waals surface area (Å²) in [6.45, 7) is 4.43. The van der Waals surface area contributed by atoms with E-state index in [-0.39, 0.29) is 11.8 Å². The molecule has 30 heavy (non-hydrogen) atoms. The molecule has 3 aliphatic rings. The van der Waals surface area contributed by atoms with Crippen LogP contribution in [0, 0.1) is 0 Å². The zero-order valence-corrected chi connectivity index (χ0v) is 17.8. The van der Waals surface area contributed by atoms with Crippen molar-refractivity contribution in [2.24, 2.45) is 0 Å². The van der Waals surface area contributed by atoms with Crippen molar-refractivity contribution in [3.63, 3.8) is 0 Å². The fourth-order valence-electron chi connectivity index (χ4n) is 5.45. The van der Waals surface area contributed by atoms with E-state index in [1.54, 1.807) is 7.11 Å². The first-order valence-electron chi connectivity index (χ1n) is 11.3. The van der Waals surface area contributed by atoms with Crippen molar-refractivity contribution in [3.05, 3.63) is 41.5 Å². The van der Waals surface area contributed by atoms with Crippen molar-refractivity contribution in [1.29, 1.82) is 0 Å². The summed E-state index contributed by atoms with van der Waals surface area (Å²) in [4.78, 5) is 17.7. The van der Waals surface area contributed by atoms with E-state index in [4.69, 9.17) is 4.74 Å². The molecule has 1 amide bonds. The summed E-state index contributed by atoms with van der Waals surface area (Å²) >= 11 is 0. The summed E-state index contributed by atoms with van der Waals surface area (Å²) in [5.41, 5.74) is 0.635. The lowest BCUT2D eigenvalue weighted by Gasteiger charge is -2.35. The Balaban J connectivity index is 1.31. The fraction of sp³-hybridized carbons (Fsp3) is 0.609. The van der Waals surface area contributed by atoms with Crippen LogP contribution < -0.4 is 4.74 Å². The predicted octanol–water partition coefficient (Wildman–Crippen LogP) is 3.06. The molecule has 1 saturated carbocycles. The summed E-state index contributed by atoms with van der Waals surface area (Å²) in [6.07, 6.45) is 7.41. The zero-order valence-electron chi connectivity index (χ0n) is 17.8. The number of benzene rings is 1. The van der Waals surface area contributed by atoms with Crippen molar-refractivity contribution >= 4 is 5.91 Å². The maximum atomic E-state index is 13.2. The van der Waals surface area contributed by atoms with Crippen molar-refractivity contribution in [2.45, 2.75) is 63.6 Å². The highest BCUT2D eigenvalue weighted by Crippen LogP contribution is 2.31. The number of hydrogen-bond donors (Lipinski definition) is 0. The molecule has 1 unspecified atom stereocenters. The average Bonchev–Trinajstić information content (AvgIpc) is 3.48. The second-order valence-corrected chi connectivity index (χ2v) is 8.83. The smallest absolute Gasteiger partial charge is 0.257 e. The van der Waals surface area contributed by atoms with Gasteiger partial charge in [-0.25, -0.2) is 0 Å². The Hall–Kier alpha value is -2.41. The topological polar surface area (TPSA) is 63.5 Å². The van der Waals surface area contributed by atoms with Crippen molar-refractivity contribution < 1.29 is 9.53 Å². The molecule has 0 bridgehead atoms. The van der Waals surface area contributed by atoms with E-state index in [1.807, 2.05) is 29.2 Å². The minimum Gasteiger partial charge on any atom is -0.496 e. The quantitative estimate of drug-likeness (QED) is 0.777. The monoisotopic (exact) mass is 409 g/mol. The van der Waals surface area contributed by atoms with Gasteiger partial charge in [-0.3, -0.25) is 9.69 Å². The minimum atomic E-state index is 0.0444. The number of rotatable bonds is 4. The lowest BCUT2D eigenvalue weighted by Crippen LogP contribution is -2.42. The average molecular weight is 410 g/mol. The van der Waals surface area contributed by atoms with Gasteiger partial charge in [0.25, 0.3) is 5.91 Å². The number of piperidine rings is 1. The lowest BCUT2D eigenvalue weighted by molar-refractivity contribution is 0.0698. The molecule has 1 aromatic heterocycles. The Bertz CT molecular complexity index is 905. The molecule has 7 heteroatoms. The maximum Gasteiger partial charge on any atom is 0.257 e. The van der Waals surface area contributed by atoms with Gasteiger partial charge in [-0.05, 0) is 37.8 Å². The molecular weight excluding hydrogens is 378 g/mol.